The van der Waals surface area contributed by atoms with Crippen LogP contribution < -0.4 is 0 Å². The molecule has 1 aromatic heterocycles. The summed E-state index contributed by atoms with van der Waals surface area (Å²) in [4.78, 5) is 30.2. The number of nitro groups is 1. The van der Waals surface area contributed by atoms with Crippen molar-refractivity contribution in [3.8, 4) is 11.3 Å². The van der Waals surface area contributed by atoms with E-state index in [2.05, 4.69) is 9.97 Å². The van der Waals surface area contributed by atoms with E-state index in [9.17, 15) is 20.0 Å². The van der Waals surface area contributed by atoms with Gasteiger partial charge in [-0.25, -0.2) is 9.78 Å². The maximum absolute atomic E-state index is 11.2. The van der Waals surface area contributed by atoms with Crippen molar-refractivity contribution in [2.45, 2.75) is 26.2 Å². The molecule has 2 rings (SSSR count). The minimum Gasteiger partial charge on any atom is -0.465 e. The van der Waals surface area contributed by atoms with Crippen LogP contribution >= 0.6 is 0 Å². The van der Waals surface area contributed by atoms with Gasteiger partial charge in [-0.3, -0.25) is 10.1 Å². The van der Waals surface area contributed by atoms with E-state index in [0.29, 0.717) is 25.3 Å². The first kappa shape index (κ1) is 17.5. The largest absolute Gasteiger partial charge is 0.465 e. The summed E-state index contributed by atoms with van der Waals surface area (Å²) in [5.41, 5.74) is 1.57. The van der Waals surface area contributed by atoms with Crippen molar-refractivity contribution in [2.75, 3.05) is 13.1 Å². The quantitative estimate of drug-likeness (QED) is 0.569. The summed E-state index contributed by atoms with van der Waals surface area (Å²) < 4.78 is 0. The minimum atomic E-state index is -0.925. The predicted molar refractivity (Wildman–Crippen MR) is 88.9 cm³/mol. The second kappa shape index (κ2) is 8.09. The number of aromatic nitrogens is 2. The first-order valence-corrected chi connectivity index (χ1v) is 7.78. The Labute approximate surface area is 139 Å². The summed E-state index contributed by atoms with van der Waals surface area (Å²) in [7, 11) is 0. The van der Waals surface area contributed by atoms with Crippen molar-refractivity contribution in [3.05, 3.63) is 46.4 Å². The molecule has 1 heterocycles. The van der Waals surface area contributed by atoms with E-state index in [4.69, 9.17) is 0 Å². The van der Waals surface area contributed by atoms with Crippen LogP contribution in [0.4, 0.5) is 10.5 Å². The van der Waals surface area contributed by atoms with E-state index < -0.39 is 11.0 Å². The molecule has 24 heavy (non-hydrogen) atoms. The Morgan fingerprint density at radius 2 is 2.04 bits per heavy atom. The van der Waals surface area contributed by atoms with Gasteiger partial charge < -0.3 is 15.0 Å². The molecule has 2 N–H and O–H groups in total. The van der Waals surface area contributed by atoms with Gasteiger partial charge >= 0.3 is 6.09 Å². The fraction of sp³-hybridized carbons (Fsp3) is 0.375. The van der Waals surface area contributed by atoms with Crippen LogP contribution in [0.2, 0.25) is 0 Å². The number of amides is 1. The van der Waals surface area contributed by atoms with Gasteiger partial charge in [-0.1, -0.05) is 13.3 Å². The molecule has 0 aliphatic rings. The molecule has 0 aliphatic heterocycles. The van der Waals surface area contributed by atoms with Gasteiger partial charge in [-0.15, -0.1) is 0 Å². The number of carbonyl (C=O) groups is 1. The molecule has 0 fully saturated rings. The molecule has 0 unspecified atom stereocenters. The van der Waals surface area contributed by atoms with Gasteiger partial charge in [0.2, 0.25) is 0 Å². The summed E-state index contributed by atoms with van der Waals surface area (Å²) in [5, 5.41) is 19.8. The van der Waals surface area contributed by atoms with Crippen molar-refractivity contribution < 1.29 is 14.8 Å². The van der Waals surface area contributed by atoms with E-state index in [1.165, 1.54) is 17.0 Å². The molecular weight excluding hydrogens is 312 g/mol. The number of H-pyrrole nitrogens is 1. The molecule has 0 saturated carbocycles. The van der Waals surface area contributed by atoms with E-state index in [0.717, 1.165) is 24.1 Å². The molecule has 128 valence electrons. The lowest BCUT2D eigenvalue weighted by Crippen LogP contribution is -2.32. The van der Waals surface area contributed by atoms with Crippen LogP contribution in [0.3, 0.4) is 0 Å². The fourth-order valence-corrected chi connectivity index (χ4v) is 2.29. The maximum Gasteiger partial charge on any atom is 0.407 e. The highest BCUT2D eigenvalue weighted by Crippen LogP contribution is 2.20. The molecule has 1 aromatic carbocycles. The Balaban J connectivity index is 1.99. The van der Waals surface area contributed by atoms with Gasteiger partial charge in [0, 0.05) is 37.2 Å². The molecule has 0 aliphatic carbocycles. The number of benzene rings is 1. The van der Waals surface area contributed by atoms with Crippen molar-refractivity contribution in [1.82, 2.24) is 14.9 Å². The number of nitro benzene ring substituents is 1. The number of imidazole rings is 1. The summed E-state index contributed by atoms with van der Waals surface area (Å²) in [6.45, 7) is 2.91. The van der Waals surface area contributed by atoms with Crippen molar-refractivity contribution in [1.29, 1.82) is 0 Å². The van der Waals surface area contributed by atoms with Crippen molar-refractivity contribution >= 4 is 11.8 Å². The number of rotatable bonds is 8. The van der Waals surface area contributed by atoms with Gasteiger partial charge in [0.1, 0.15) is 5.82 Å². The second-order valence-electron chi connectivity index (χ2n) is 5.42. The van der Waals surface area contributed by atoms with Crippen LogP contribution in [0.25, 0.3) is 11.3 Å². The molecule has 0 spiro atoms. The van der Waals surface area contributed by atoms with E-state index in [1.807, 2.05) is 6.92 Å². The summed E-state index contributed by atoms with van der Waals surface area (Å²) in [5.74, 6) is 0.686. The maximum atomic E-state index is 11.2. The van der Waals surface area contributed by atoms with Crippen LogP contribution in [0.1, 0.15) is 25.6 Å². The third-order valence-corrected chi connectivity index (χ3v) is 3.69. The van der Waals surface area contributed by atoms with Gasteiger partial charge in [-0.2, -0.15) is 0 Å². The molecule has 0 bridgehead atoms. The Morgan fingerprint density at radius 3 is 2.62 bits per heavy atom. The second-order valence-corrected chi connectivity index (χ2v) is 5.42. The molecule has 0 radical (unpaired) electrons. The van der Waals surface area contributed by atoms with E-state index in [1.54, 1.807) is 18.3 Å². The molecule has 8 nitrogen and oxygen atoms in total. The molecule has 1 amide bonds. The van der Waals surface area contributed by atoms with Crippen LogP contribution in [0, 0.1) is 10.1 Å². The first-order chi connectivity index (χ1) is 11.5. The minimum absolute atomic E-state index is 0.0338. The van der Waals surface area contributed by atoms with Crippen LogP contribution in [-0.4, -0.2) is 44.1 Å². The first-order valence-electron chi connectivity index (χ1n) is 7.78. The topological polar surface area (TPSA) is 112 Å². The normalized spacial score (nSPS) is 10.5. The summed E-state index contributed by atoms with van der Waals surface area (Å²) in [6, 6.07) is 6.18. The highest BCUT2D eigenvalue weighted by atomic mass is 16.6. The number of hydrogen-bond donors (Lipinski definition) is 2. The highest BCUT2D eigenvalue weighted by Gasteiger charge is 2.12. The number of aromatic amines is 1. The van der Waals surface area contributed by atoms with Crippen molar-refractivity contribution in [2.24, 2.45) is 0 Å². The number of hydrogen-bond acceptors (Lipinski definition) is 4. The predicted octanol–water partition coefficient (Wildman–Crippen LogP) is 3.31. The Bertz CT molecular complexity index is 696. The van der Waals surface area contributed by atoms with Crippen LogP contribution in [0.5, 0.6) is 0 Å². The molecular formula is C16H20N4O4. The Hall–Kier alpha value is -2.90. The van der Waals surface area contributed by atoms with Crippen molar-refractivity contribution in [3.63, 3.8) is 0 Å². The monoisotopic (exact) mass is 332 g/mol. The highest BCUT2D eigenvalue weighted by molar-refractivity contribution is 5.65. The lowest BCUT2D eigenvalue weighted by atomic mass is 10.1. The zero-order chi connectivity index (χ0) is 17.5. The average Bonchev–Trinajstić information content (AvgIpc) is 3.03. The average molecular weight is 332 g/mol. The standard InChI is InChI=1S/C16H20N4O4/c1-2-3-9-19(16(21)22)10-8-15-17-11-14(18-15)12-4-6-13(7-5-12)20(23)24/h4-7,11H,2-3,8-10H2,1H3,(H,17,18)(H,21,22). The SMILES string of the molecule is CCCCN(CCc1ncc(-c2ccc([N+](=O)[O-])cc2)[nH]1)C(=O)O. The third-order valence-electron chi connectivity index (χ3n) is 3.69. The van der Waals surface area contributed by atoms with Gasteiger partial charge in [0.05, 0.1) is 16.8 Å². The Morgan fingerprint density at radius 1 is 1.33 bits per heavy atom. The van der Waals surface area contributed by atoms with Crippen LogP contribution in [0.15, 0.2) is 30.5 Å². The number of unbranched alkanes of at least 4 members (excludes halogenated alkanes) is 1. The lowest BCUT2D eigenvalue weighted by Gasteiger charge is -2.17. The van der Waals surface area contributed by atoms with Gasteiger partial charge in [0.25, 0.3) is 5.69 Å². The lowest BCUT2D eigenvalue weighted by molar-refractivity contribution is -0.384. The van der Waals surface area contributed by atoms with E-state index >= 15 is 0 Å². The molecule has 8 heteroatoms. The number of carboxylic acid groups (broad SMARTS) is 1. The molecule has 0 saturated heterocycles. The smallest absolute Gasteiger partial charge is 0.407 e. The van der Waals surface area contributed by atoms with Gasteiger partial charge in [0.15, 0.2) is 0 Å². The third kappa shape index (κ3) is 4.55. The fourth-order valence-electron chi connectivity index (χ4n) is 2.29. The van der Waals surface area contributed by atoms with Crippen LogP contribution in [-0.2, 0) is 6.42 Å². The van der Waals surface area contributed by atoms with E-state index in [-0.39, 0.29) is 5.69 Å². The summed E-state index contributed by atoms with van der Waals surface area (Å²) >= 11 is 0. The zero-order valence-corrected chi connectivity index (χ0v) is 13.4. The summed E-state index contributed by atoms with van der Waals surface area (Å²) in [6.07, 6.45) is 2.98. The zero-order valence-electron chi connectivity index (χ0n) is 13.4. The molecule has 0 atom stereocenters. The number of non-ortho nitro benzene ring substituents is 1. The number of nitrogens with zero attached hydrogens (tertiary/aromatic N) is 3. The molecule has 2 aromatic rings. The Kier molecular flexibility index (Phi) is 5.89. The number of nitrogens with one attached hydrogen (secondary N) is 1. The van der Waals surface area contributed by atoms with Gasteiger partial charge in [-0.05, 0) is 18.6 Å².